The Labute approximate surface area is 249 Å². The van der Waals surface area contributed by atoms with Crippen molar-refractivity contribution in [2.75, 3.05) is 4.90 Å². The van der Waals surface area contributed by atoms with Crippen LogP contribution < -0.4 is 10.6 Å². The van der Waals surface area contributed by atoms with Crippen LogP contribution in [0.3, 0.4) is 0 Å². The molecule has 2 aromatic heterocycles. The van der Waals surface area contributed by atoms with Crippen molar-refractivity contribution in [3.8, 4) is 11.3 Å². The number of rotatable bonds is 10. The molecule has 45 heavy (non-hydrogen) atoms. The lowest BCUT2D eigenvalue weighted by Crippen LogP contribution is -2.25. The van der Waals surface area contributed by atoms with Crippen LogP contribution in [-0.4, -0.2) is 35.9 Å². The molecule has 2 aromatic carbocycles. The van der Waals surface area contributed by atoms with E-state index in [1.54, 1.807) is 13.1 Å². The third-order valence-electron chi connectivity index (χ3n) is 6.66. The van der Waals surface area contributed by atoms with Gasteiger partial charge in [-0.15, -0.1) is 5.10 Å². The number of carbonyl (C=O) groups excluding carboxylic acids is 1. The number of halogens is 9. The van der Waals surface area contributed by atoms with Crippen molar-refractivity contribution in [1.29, 1.82) is 0 Å². The van der Waals surface area contributed by atoms with Gasteiger partial charge >= 0.3 is 18.5 Å². The predicted molar refractivity (Wildman–Crippen MR) is 141 cm³/mol. The predicted octanol–water partition coefficient (Wildman–Crippen LogP) is 5.77. The number of aromatic nitrogens is 6. The summed E-state index contributed by atoms with van der Waals surface area (Å²) in [6, 6.07) is 3.82. The van der Waals surface area contributed by atoms with Crippen LogP contribution in [0.25, 0.3) is 11.3 Å². The van der Waals surface area contributed by atoms with Gasteiger partial charge in [-0.25, -0.2) is 0 Å². The van der Waals surface area contributed by atoms with Crippen LogP contribution in [0.15, 0.2) is 42.6 Å². The minimum Gasteiger partial charge on any atom is -0.370 e. The first-order chi connectivity index (χ1) is 20.8. The minimum absolute atomic E-state index is 0.0276. The number of amides is 1. The number of aryl methyl sites for hydroxylation is 3. The highest BCUT2D eigenvalue weighted by Crippen LogP contribution is 2.38. The fourth-order valence-corrected chi connectivity index (χ4v) is 4.55. The number of primary amides is 1. The van der Waals surface area contributed by atoms with Gasteiger partial charge in [0.15, 0.2) is 0 Å². The van der Waals surface area contributed by atoms with Gasteiger partial charge in [0.2, 0.25) is 5.91 Å². The lowest BCUT2D eigenvalue weighted by atomic mass is 9.97. The molecule has 1 amide bonds. The molecular formula is C27H25F9N8O. The molecule has 0 aliphatic rings. The molecular weight excluding hydrogens is 623 g/mol. The fourth-order valence-electron chi connectivity index (χ4n) is 4.55. The lowest BCUT2D eigenvalue weighted by molar-refractivity contribution is -0.143. The summed E-state index contributed by atoms with van der Waals surface area (Å²) < 4.78 is 124. The second kappa shape index (κ2) is 12.4. The summed E-state index contributed by atoms with van der Waals surface area (Å²) in [5.41, 5.74) is 1.60. The molecule has 0 fully saturated rings. The third kappa shape index (κ3) is 8.10. The second-order valence-corrected chi connectivity index (χ2v) is 10.1. The molecule has 2 N–H and O–H groups in total. The van der Waals surface area contributed by atoms with E-state index < -0.39 is 59.8 Å². The van der Waals surface area contributed by atoms with Crippen molar-refractivity contribution in [3.63, 3.8) is 0 Å². The summed E-state index contributed by atoms with van der Waals surface area (Å²) in [6.07, 6.45) is -13.1. The number of benzene rings is 2. The molecule has 0 radical (unpaired) electrons. The van der Waals surface area contributed by atoms with Crippen LogP contribution in [0, 0.1) is 0 Å². The van der Waals surface area contributed by atoms with Crippen molar-refractivity contribution in [2.24, 2.45) is 12.8 Å². The first-order valence-corrected chi connectivity index (χ1v) is 13.2. The number of anilines is 1. The molecule has 4 rings (SSSR count). The van der Waals surface area contributed by atoms with Crippen molar-refractivity contribution in [2.45, 2.75) is 57.9 Å². The van der Waals surface area contributed by atoms with E-state index in [0.29, 0.717) is 24.1 Å². The zero-order chi connectivity index (χ0) is 33.3. The topological polar surface area (TPSA) is 108 Å². The van der Waals surface area contributed by atoms with E-state index in [-0.39, 0.29) is 41.8 Å². The SMILES string of the molecule is CCc1cn(CCC(N)=O)nc1-c1ccc(C(F)(F)F)cc1CN(Cc1cc(C(F)(F)F)cc(C(F)(F)F)c1)c1nnn(C)n1. The van der Waals surface area contributed by atoms with Gasteiger partial charge in [0.25, 0.3) is 5.95 Å². The first kappa shape index (κ1) is 33.3. The lowest BCUT2D eigenvalue weighted by Gasteiger charge is -2.24. The summed E-state index contributed by atoms with van der Waals surface area (Å²) in [6.45, 7) is 0.692. The van der Waals surface area contributed by atoms with Gasteiger partial charge < -0.3 is 10.6 Å². The maximum absolute atomic E-state index is 13.8. The summed E-state index contributed by atoms with van der Waals surface area (Å²) in [5.74, 6) is -0.870. The van der Waals surface area contributed by atoms with Gasteiger partial charge in [-0.2, -0.15) is 49.4 Å². The van der Waals surface area contributed by atoms with E-state index in [4.69, 9.17) is 5.73 Å². The van der Waals surface area contributed by atoms with E-state index in [1.165, 1.54) is 17.8 Å². The Morgan fingerprint density at radius 2 is 1.47 bits per heavy atom. The Kier molecular flexibility index (Phi) is 9.16. The monoisotopic (exact) mass is 648 g/mol. The van der Waals surface area contributed by atoms with Gasteiger partial charge in [-0.1, -0.05) is 18.1 Å². The maximum Gasteiger partial charge on any atom is 0.416 e. The first-order valence-electron chi connectivity index (χ1n) is 13.2. The average Bonchev–Trinajstić information content (AvgIpc) is 3.56. The highest BCUT2D eigenvalue weighted by Gasteiger charge is 2.37. The number of carbonyl (C=O) groups is 1. The number of tetrazole rings is 1. The molecule has 0 atom stereocenters. The molecule has 0 saturated heterocycles. The van der Waals surface area contributed by atoms with Crippen molar-refractivity contribution >= 4 is 11.9 Å². The standard InChI is InChI=1S/C27H25F9N8O/c1-3-16-14-44(7-6-22(37)45)39-23(16)21-5-4-18(25(28,29)30)10-17(21)13-43(24-38-41-42(2)40-24)12-15-8-19(26(31,32)33)11-20(9-15)27(34,35)36/h4-5,8-11,14H,3,6-7,12-13H2,1-2H3,(H2,37,45). The number of hydrogen-bond donors (Lipinski definition) is 1. The Balaban J connectivity index is 1.85. The van der Waals surface area contributed by atoms with Crippen molar-refractivity contribution in [3.05, 3.63) is 76.0 Å². The molecule has 0 saturated carbocycles. The Morgan fingerprint density at radius 1 is 0.844 bits per heavy atom. The smallest absolute Gasteiger partial charge is 0.370 e. The molecule has 4 aromatic rings. The Bertz CT molecular complexity index is 1640. The molecule has 242 valence electrons. The van der Waals surface area contributed by atoms with Crippen LogP contribution in [0.4, 0.5) is 45.5 Å². The van der Waals surface area contributed by atoms with Gasteiger partial charge in [-0.05, 0) is 58.7 Å². The van der Waals surface area contributed by atoms with Gasteiger partial charge in [-0.3, -0.25) is 9.48 Å². The normalized spacial score (nSPS) is 12.5. The van der Waals surface area contributed by atoms with Crippen LogP contribution >= 0.6 is 0 Å². The highest BCUT2D eigenvalue weighted by molar-refractivity contribution is 5.73. The summed E-state index contributed by atoms with van der Waals surface area (Å²) >= 11 is 0. The van der Waals surface area contributed by atoms with Crippen molar-refractivity contribution < 1.29 is 44.3 Å². The largest absolute Gasteiger partial charge is 0.416 e. The van der Waals surface area contributed by atoms with Gasteiger partial charge in [0.05, 0.1) is 29.4 Å². The molecule has 0 aliphatic carbocycles. The quantitative estimate of drug-likeness (QED) is 0.219. The molecule has 9 nitrogen and oxygen atoms in total. The van der Waals surface area contributed by atoms with Gasteiger partial charge in [0, 0.05) is 37.8 Å². The number of nitrogens with zero attached hydrogens (tertiary/aromatic N) is 7. The van der Waals surface area contributed by atoms with E-state index in [1.807, 2.05) is 0 Å². The van der Waals surface area contributed by atoms with Crippen LogP contribution in [0.1, 0.15) is 46.7 Å². The Morgan fingerprint density at radius 3 is 1.98 bits per heavy atom. The minimum atomic E-state index is -5.12. The molecule has 0 bridgehead atoms. The zero-order valence-electron chi connectivity index (χ0n) is 23.6. The third-order valence-corrected chi connectivity index (χ3v) is 6.66. The molecule has 2 heterocycles. The van der Waals surface area contributed by atoms with E-state index in [9.17, 15) is 44.3 Å². The van der Waals surface area contributed by atoms with Gasteiger partial charge in [0.1, 0.15) is 0 Å². The zero-order valence-corrected chi connectivity index (χ0v) is 23.6. The van der Waals surface area contributed by atoms with Crippen LogP contribution in [0.5, 0.6) is 0 Å². The molecule has 0 spiro atoms. The average molecular weight is 649 g/mol. The summed E-state index contributed by atoms with van der Waals surface area (Å²) in [5, 5.41) is 15.9. The highest BCUT2D eigenvalue weighted by atomic mass is 19.4. The number of alkyl halides is 9. The van der Waals surface area contributed by atoms with Crippen molar-refractivity contribution in [1.82, 2.24) is 30.0 Å². The number of nitrogens with two attached hydrogens (primary N) is 1. The van der Waals surface area contributed by atoms with Crippen LogP contribution in [0.2, 0.25) is 0 Å². The summed E-state index contributed by atoms with van der Waals surface area (Å²) in [4.78, 5) is 13.4. The van der Waals surface area contributed by atoms with E-state index in [0.717, 1.165) is 21.8 Å². The fraction of sp³-hybridized carbons (Fsp3) is 0.370. The molecule has 18 heteroatoms. The molecule has 0 unspecified atom stereocenters. The number of hydrogen-bond acceptors (Lipinski definition) is 6. The maximum atomic E-state index is 13.8. The van der Waals surface area contributed by atoms with E-state index in [2.05, 4.69) is 20.5 Å². The van der Waals surface area contributed by atoms with E-state index >= 15 is 0 Å². The second-order valence-electron chi connectivity index (χ2n) is 10.1. The Hall–Kier alpha value is -4.64. The summed E-state index contributed by atoms with van der Waals surface area (Å²) in [7, 11) is 1.35. The molecule has 0 aliphatic heterocycles. The van der Waals surface area contributed by atoms with Crippen LogP contribution in [-0.2, 0) is 56.4 Å².